The lowest BCUT2D eigenvalue weighted by molar-refractivity contribution is -0.387. The summed E-state index contributed by atoms with van der Waals surface area (Å²) in [5.41, 5.74) is 0.334. The highest BCUT2D eigenvalue weighted by molar-refractivity contribution is 7.99. The third-order valence-corrected chi connectivity index (χ3v) is 3.10. The van der Waals surface area contributed by atoms with Gasteiger partial charge in [0.15, 0.2) is 0 Å². The molecule has 0 unspecified atom stereocenters. The molecule has 0 radical (unpaired) electrons. The number of hydrogen-bond donors (Lipinski definition) is 2. The summed E-state index contributed by atoms with van der Waals surface area (Å²) in [4.78, 5) is 32.0. The van der Waals surface area contributed by atoms with Crippen LogP contribution in [0.5, 0.6) is 0 Å². The highest BCUT2D eigenvalue weighted by Gasteiger charge is 2.15. The SMILES string of the molecule is CC(=O)Nc1ccc([N+](=O)[O-])c(SCCC(=O)O)c1. The van der Waals surface area contributed by atoms with E-state index in [-0.39, 0.29) is 23.8 Å². The largest absolute Gasteiger partial charge is 0.481 e. The Labute approximate surface area is 113 Å². The molecule has 2 N–H and O–H groups in total. The Kier molecular flexibility index (Phi) is 5.31. The monoisotopic (exact) mass is 284 g/mol. The van der Waals surface area contributed by atoms with Crippen molar-refractivity contribution in [1.29, 1.82) is 0 Å². The number of nitro benzene ring substituents is 1. The molecule has 0 bridgehead atoms. The van der Waals surface area contributed by atoms with Crippen LogP contribution in [0.1, 0.15) is 13.3 Å². The standard InChI is InChI=1S/C11H12N2O5S/c1-7(14)12-8-2-3-9(13(17)18)10(6-8)19-5-4-11(15)16/h2-3,6H,4-5H2,1H3,(H,12,14)(H,15,16). The second kappa shape index (κ2) is 6.74. The Balaban J connectivity index is 2.91. The average Bonchev–Trinajstić information content (AvgIpc) is 2.27. The first-order chi connectivity index (χ1) is 8.90. The molecule has 8 heteroatoms. The Morgan fingerprint density at radius 3 is 2.68 bits per heavy atom. The van der Waals surface area contributed by atoms with Crippen LogP contribution in [0.4, 0.5) is 11.4 Å². The van der Waals surface area contributed by atoms with Crippen molar-refractivity contribution in [3.8, 4) is 0 Å². The van der Waals surface area contributed by atoms with Crippen LogP contribution in [-0.2, 0) is 9.59 Å². The number of nitro groups is 1. The minimum absolute atomic E-state index is 0.0911. The summed E-state index contributed by atoms with van der Waals surface area (Å²) in [6.45, 7) is 1.33. The Hall–Kier alpha value is -2.09. The maximum absolute atomic E-state index is 10.9. The second-order valence-corrected chi connectivity index (χ2v) is 4.75. The maximum Gasteiger partial charge on any atom is 0.304 e. The van der Waals surface area contributed by atoms with Crippen molar-refractivity contribution in [2.45, 2.75) is 18.2 Å². The van der Waals surface area contributed by atoms with Crippen molar-refractivity contribution in [3.63, 3.8) is 0 Å². The molecule has 1 amide bonds. The molecule has 0 fully saturated rings. The molecule has 0 saturated heterocycles. The highest BCUT2D eigenvalue weighted by Crippen LogP contribution is 2.32. The van der Waals surface area contributed by atoms with E-state index in [4.69, 9.17) is 5.11 Å². The molecule has 1 aromatic carbocycles. The fourth-order valence-electron chi connectivity index (χ4n) is 1.31. The van der Waals surface area contributed by atoms with Crippen LogP contribution in [0.15, 0.2) is 23.1 Å². The van der Waals surface area contributed by atoms with Gasteiger partial charge >= 0.3 is 5.97 Å². The molecule has 1 aromatic rings. The molecule has 0 aliphatic heterocycles. The highest BCUT2D eigenvalue weighted by atomic mass is 32.2. The molecule has 7 nitrogen and oxygen atoms in total. The zero-order chi connectivity index (χ0) is 14.4. The summed E-state index contributed by atoms with van der Waals surface area (Å²) in [6, 6.07) is 4.18. The smallest absolute Gasteiger partial charge is 0.304 e. The van der Waals surface area contributed by atoms with Crippen molar-refractivity contribution in [2.75, 3.05) is 11.1 Å². The molecular weight excluding hydrogens is 272 g/mol. The zero-order valence-corrected chi connectivity index (χ0v) is 10.9. The number of benzene rings is 1. The Morgan fingerprint density at radius 2 is 2.16 bits per heavy atom. The van der Waals surface area contributed by atoms with Crippen molar-refractivity contribution < 1.29 is 19.6 Å². The van der Waals surface area contributed by atoms with Crippen LogP contribution in [0.3, 0.4) is 0 Å². The third-order valence-electron chi connectivity index (χ3n) is 2.05. The van der Waals surface area contributed by atoms with Crippen molar-refractivity contribution in [2.24, 2.45) is 0 Å². The van der Waals surface area contributed by atoms with E-state index in [9.17, 15) is 19.7 Å². The van der Waals surface area contributed by atoms with E-state index in [2.05, 4.69) is 5.32 Å². The number of nitrogens with one attached hydrogen (secondary N) is 1. The number of carbonyl (C=O) groups is 2. The van der Waals surface area contributed by atoms with Gasteiger partial charge in [0.2, 0.25) is 5.91 Å². The van der Waals surface area contributed by atoms with Gasteiger partial charge in [-0.25, -0.2) is 0 Å². The van der Waals surface area contributed by atoms with Crippen molar-refractivity contribution in [3.05, 3.63) is 28.3 Å². The van der Waals surface area contributed by atoms with E-state index in [1.165, 1.54) is 25.1 Å². The summed E-state index contributed by atoms with van der Waals surface area (Å²) < 4.78 is 0. The molecule has 102 valence electrons. The second-order valence-electron chi connectivity index (χ2n) is 3.61. The van der Waals surface area contributed by atoms with Gasteiger partial charge in [-0.2, -0.15) is 0 Å². The van der Waals surface area contributed by atoms with Gasteiger partial charge in [0.1, 0.15) is 0 Å². The van der Waals surface area contributed by atoms with Gasteiger partial charge < -0.3 is 10.4 Å². The minimum Gasteiger partial charge on any atom is -0.481 e. The first-order valence-electron chi connectivity index (χ1n) is 5.30. The molecule has 0 spiro atoms. The molecule has 0 heterocycles. The Bertz CT molecular complexity index is 518. The number of nitrogens with zero attached hydrogens (tertiary/aromatic N) is 1. The van der Waals surface area contributed by atoms with E-state index in [0.717, 1.165) is 11.8 Å². The summed E-state index contributed by atoms with van der Waals surface area (Å²) in [7, 11) is 0. The first-order valence-corrected chi connectivity index (χ1v) is 6.29. The maximum atomic E-state index is 10.9. The predicted molar refractivity (Wildman–Crippen MR) is 70.4 cm³/mol. The summed E-state index contributed by atoms with van der Waals surface area (Å²) >= 11 is 1.07. The topological polar surface area (TPSA) is 110 Å². The van der Waals surface area contributed by atoms with Gasteiger partial charge in [0.05, 0.1) is 16.2 Å². The number of carboxylic acids is 1. The number of carboxylic acid groups (broad SMARTS) is 1. The zero-order valence-electron chi connectivity index (χ0n) is 10.1. The normalized spacial score (nSPS) is 9.95. The molecule has 1 rings (SSSR count). The minimum atomic E-state index is -0.965. The van der Waals surface area contributed by atoms with Crippen LogP contribution >= 0.6 is 11.8 Å². The lowest BCUT2D eigenvalue weighted by Crippen LogP contribution is -2.06. The van der Waals surface area contributed by atoms with Gasteiger partial charge in [0.25, 0.3) is 5.69 Å². The van der Waals surface area contributed by atoms with E-state index in [1.54, 1.807) is 0 Å². The lowest BCUT2D eigenvalue weighted by Gasteiger charge is -2.06. The van der Waals surface area contributed by atoms with Gasteiger partial charge in [-0.15, -0.1) is 11.8 Å². The van der Waals surface area contributed by atoms with Gasteiger partial charge in [-0.1, -0.05) is 0 Å². The molecule has 0 aliphatic carbocycles. The van der Waals surface area contributed by atoms with E-state index in [1.807, 2.05) is 0 Å². The number of hydrogen-bond acceptors (Lipinski definition) is 5. The Morgan fingerprint density at radius 1 is 1.47 bits per heavy atom. The van der Waals surface area contributed by atoms with Gasteiger partial charge in [-0.05, 0) is 12.1 Å². The van der Waals surface area contributed by atoms with E-state index < -0.39 is 10.9 Å². The van der Waals surface area contributed by atoms with Crippen LogP contribution in [0.2, 0.25) is 0 Å². The van der Waals surface area contributed by atoms with Gasteiger partial charge in [0, 0.05) is 24.4 Å². The number of carbonyl (C=O) groups excluding carboxylic acids is 1. The van der Waals surface area contributed by atoms with Crippen LogP contribution in [0, 0.1) is 10.1 Å². The number of amides is 1. The van der Waals surface area contributed by atoms with Crippen molar-refractivity contribution >= 4 is 35.0 Å². The summed E-state index contributed by atoms with van der Waals surface area (Å²) in [6.07, 6.45) is -0.0911. The molecule has 0 aromatic heterocycles. The first kappa shape index (κ1) is 15.0. The lowest BCUT2D eigenvalue weighted by atomic mass is 10.3. The fourth-order valence-corrected chi connectivity index (χ4v) is 2.31. The summed E-state index contributed by atoms with van der Waals surface area (Å²) in [5.74, 6) is -1.02. The van der Waals surface area contributed by atoms with E-state index >= 15 is 0 Å². The molecule has 0 saturated carbocycles. The van der Waals surface area contributed by atoms with Crippen LogP contribution in [-0.4, -0.2) is 27.7 Å². The molecular formula is C11H12N2O5S. The third kappa shape index (κ3) is 4.96. The number of anilines is 1. The van der Waals surface area contributed by atoms with Crippen molar-refractivity contribution in [1.82, 2.24) is 0 Å². The molecule has 0 atom stereocenters. The number of thioether (sulfide) groups is 1. The average molecular weight is 284 g/mol. The number of rotatable bonds is 6. The van der Waals surface area contributed by atoms with E-state index in [0.29, 0.717) is 10.6 Å². The number of aliphatic carboxylic acids is 1. The predicted octanol–water partition coefficient (Wildman–Crippen LogP) is 2.12. The quantitative estimate of drug-likeness (QED) is 0.470. The fraction of sp³-hybridized carbons (Fsp3) is 0.273. The van der Waals surface area contributed by atoms with Crippen LogP contribution < -0.4 is 5.32 Å². The van der Waals surface area contributed by atoms with Gasteiger partial charge in [-0.3, -0.25) is 19.7 Å². The van der Waals surface area contributed by atoms with Crippen LogP contribution in [0.25, 0.3) is 0 Å². The molecule has 0 aliphatic rings. The molecule has 19 heavy (non-hydrogen) atoms. The summed E-state index contributed by atoms with van der Waals surface area (Å²) in [5, 5.41) is 21.9.